The van der Waals surface area contributed by atoms with Crippen LogP contribution in [0.15, 0.2) is 48.8 Å². The normalized spacial score (nSPS) is 20.5. The summed E-state index contributed by atoms with van der Waals surface area (Å²) in [6.45, 7) is 9.51. The van der Waals surface area contributed by atoms with E-state index in [9.17, 15) is 13.6 Å². The second-order valence-electron chi connectivity index (χ2n) is 9.14. The van der Waals surface area contributed by atoms with Crippen LogP contribution in [0.2, 0.25) is 0 Å². The first-order valence-corrected chi connectivity index (χ1v) is 13.0. The lowest BCUT2D eigenvalue weighted by Gasteiger charge is -2.26. The first kappa shape index (κ1) is 29.4. The van der Waals surface area contributed by atoms with Gasteiger partial charge in [-0.2, -0.15) is 0 Å². The molecule has 5 heteroatoms. The van der Waals surface area contributed by atoms with E-state index in [-0.39, 0.29) is 0 Å². The van der Waals surface area contributed by atoms with Crippen molar-refractivity contribution in [1.29, 1.82) is 0 Å². The monoisotopic (exact) mass is 477 g/mol. The highest BCUT2D eigenvalue weighted by molar-refractivity contribution is 7.17. The number of carbonyl (C=O) groups is 1. The van der Waals surface area contributed by atoms with Gasteiger partial charge >= 0.3 is 0 Å². The van der Waals surface area contributed by atoms with E-state index in [2.05, 4.69) is 34.1 Å². The Balaban J connectivity index is 0.000000265. The predicted molar refractivity (Wildman–Crippen MR) is 139 cm³/mol. The van der Waals surface area contributed by atoms with E-state index in [0.717, 1.165) is 24.7 Å². The first-order valence-electron chi connectivity index (χ1n) is 12.3. The highest BCUT2D eigenvalue weighted by atomic mass is 31.0. The third kappa shape index (κ3) is 11.8. The number of carbonyl (C=O) groups excluding carboxylic acids is 1. The van der Waals surface area contributed by atoms with E-state index < -0.39 is 11.6 Å². The second kappa shape index (κ2) is 15.3. The van der Waals surface area contributed by atoms with Gasteiger partial charge in [0, 0.05) is 24.9 Å². The van der Waals surface area contributed by atoms with Crippen LogP contribution in [0.3, 0.4) is 0 Å². The molecule has 0 bridgehead atoms. The van der Waals surface area contributed by atoms with Crippen LogP contribution < -0.4 is 0 Å². The number of nitrogens with zero attached hydrogens (tertiary/aromatic N) is 1. The standard InChI is InChI=1S/C12H17N.C10H11F2OP.C4H8.C2H6/c1-10-4-6-11(7-5-10)12-3-2-8-13-9-12;1-10(11,12)9(14)8-4-2-7(6-13)3-5-8;1-4-2-3-4;1-2/h2-3,8-11H,4-7H2,1H3;2-6,9H,14H2,1H3;4H,2-3H2,1H3;1-2H3. The fourth-order valence-electron chi connectivity index (χ4n) is 3.45. The Morgan fingerprint density at radius 2 is 1.48 bits per heavy atom. The molecule has 0 spiro atoms. The number of benzene rings is 1. The summed E-state index contributed by atoms with van der Waals surface area (Å²) in [6.07, 6.45) is 13.0. The maximum Gasteiger partial charge on any atom is 0.255 e. The van der Waals surface area contributed by atoms with Gasteiger partial charge in [-0.3, -0.25) is 9.78 Å². The van der Waals surface area contributed by atoms with Gasteiger partial charge in [0.25, 0.3) is 5.92 Å². The topological polar surface area (TPSA) is 30.0 Å². The number of rotatable bonds is 4. The molecule has 1 aromatic carbocycles. The van der Waals surface area contributed by atoms with Crippen LogP contribution in [0, 0.1) is 11.8 Å². The Labute approximate surface area is 202 Å². The molecule has 33 heavy (non-hydrogen) atoms. The van der Waals surface area contributed by atoms with Crippen molar-refractivity contribution in [1.82, 2.24) is 4.98 Å². The molecule has 2 aromatic rings. The Kier molecular flexibility index (Phi) is 13.6. The molecule has 0 radical (unpaired) electrons. The van der Waals surface area contributed by atoms with Gasteiger partial charge in [-0.05, 0) is 47.8 Å². The number of aromatic nitrogens is 1. The van der Waals surface area contributed by atoms with Crippen LogP contribution in [0.4, 0.5) is 8.78 Å². The molecule has 4 rings (SSSR count). The summed E-state index contributed by atoms with van der Waals surface area (Å²) in [5.74, 6) is 0.0331. The van der Waals surface area contributed by atoms with Crippen molar-refractivity contribution in [3.63, 3.8) is 0 Å². The zero-order valence-electron chi connectivity index (χ0n) is 20.9. The van der Waals surface area contributed by atoms with Crippen molar-refractivity contribution in [3.8, 4) is 0 Å². The second-order valence-corrected chi connectivity index (χ2v) is 9.81. The summed E-state index contributed by atoms with van der Waals surface area (Å²) in [6, 6.07) is 10.4. The van der Waals surface area contributed by atoms with Crippen molar-refractivity contribution in [2.75, 3.05) is 0 Å². The lowest BCUT2D eigenvalue weighted by atomic mass is 9.80. The minimum Gasteiger partial charge on any atom is -0.298 e. The van der Waals surface area contributed by atoms with E-state index in [1.165, 1.54) is 56.2 Å². The maximum atomic E-state index is 12.9. The highest BCUT2D eigenvalue weighted by Gasteiger charge is 2.31. The molecule has 1 heterocycles. The van der Waals surface area contributed by atoms with Crippen LogP contribution in [0.25, 0.3) is 0 Å². The maximum absolute atomic E-state index is 12.9. The van der Waals surface area contributed by atoms with Gasteiger partial charge in [0.15, 0.2) is 0 Å². The van der Waals surface area contributed by atoms with Crippen molar-refractivity contribution in [3.05, 3.63) is 65.5 Å². The summed E-state index contributed by atoms with van der Waals surface area (Å²) >= 11 is 0. The van der Waals surface area contributed by atoms with Crippen LogP contribution in [-0.4, -0.2) is 17.2 Å². The molecule has 2 nitrogen and oxygen atoms in total. The number of alkyl halides is 2. The fourth-order valence-corrected chi connectivity index (χ4v) is 3.67. The third-order valence-electron chi connectivity index (χ3n) is 6.02. The number of hydrogen-bond donors (Lipinski definition) is 0. The number of hydrogen-bond acceptors (Lipinski definition) is 2. The molecule has 2 aliphatic carbocycles. The van der Waals surface area contributed by atoms with Gasteiger partial charge in [0.2, 0.25) is 0 Å². The Bertz CT molecular complexity index is 765. The largest absolute Gasteiger partial charge is 0.298 e. The molecular formula is C28H42F2NOP. The average molecular weight is 478 g/mol. The Hall–Kier alpha value is -1.67. The highest BCUT2D eigenvalue weighted by Crippen LogP contribution is 2.38. The van der Waals surface area contributed by atoms with Crippen molar-refractivity contribution >= 4 is 15.5 Å². The lowest BCUT2D eigenvalue weighted by molar-refractivity contribution is 0.0189. The van der Waals surface area contributed by atoms with Crippen molar-refractivity contribution in [2.45, 2.75) is 90.6 Å². The van der Waals surface area contributed by atoms with E-state index in [1.807, 2.05) is 32.3 Å². The molecule has 0 N–H and O–H groups in total. The van der Waals surface area contributed by atoms with Gasteiger partial charge in [-0.15, -0.1) is 9.24 Å². The third-order valence-corrected chi connectivity index (χ3v) is 6.99. The first-order chi connectivity index (χ1) is 15.7. The predicted octanol–water partition coefficient (Wildman–Crippen LogP) is 8.89. The van der Waals surface area contributed by atoms with E-state index in [4.69, 9.17) is 0 Å². The summed E-state index contributed by atoms with van der Waals surface area (Å²) in [7, 11) is 2.11. The van der Waals surface area contributed by atoms with Crippen LogP contribution in [0.1, 0.15) is 106 Å². The zero-order valence-corrected chi connectivity index (χ0v) is 22.1. The Morgan fingerprint density at radius 1 is 0.970 bits per heavy atom. The lowest BCUT2D eigenvalue weighted by Crippen LogP contribution is -2.16. The van der Waals surface area contributed by atoms with E-state index in [0.29, 0.717) is 17.4 Å². The minimum atomic E-state index is -2.77. The fraction of sp³-hybridized carbons (Fsp3) is 0.571. The van der Waals surface area contributed by atoms with Crippen molar-refractivity contribution in [2.24, 2.45) is 11.8 Å². The Morgan fingerprint density at radius 3 is 1.88 bits per heavy atom. The smallest absolute Gasteiger partial charge is 0.255 e. The SMILES string of the molecule is CC.CC(F)(F)C(P)c1ccc(C=O)cc1.CC1CC1.CC1CCC(c2cccnc2)CC1. The van der Waals surface area contributed by atoms with E-state index >= 15 is 0 Å². The molecule has 0 saturated heterocycles. The molecule has 0 amide bonds. The molecule has 1 aromatic heterocycles. The van der Waals surface area contributed by atoms with Gasteiger partial charge in [0.05, 0.1) is 5.66 Å². The van der Waals surface area contributed by atoms with Gasteiger partial charge in [-0.25, -0.2) is 8.78 Å². The minimum absolute atomic E-state index is 0.491. The average Bonchev–Trinajstić information content (AvgIpc) is 3.63. The quantitative estimate of drug-likeness (QED) is 0.325. The molecule has 2 aliphatic rings. The van der Waals surface area contributed by atoms with Gasteiger partial charge in [-0.1, -0.05) is 83.7 Å². The van der Waals surface area contributed by atoms with Gasteiger partial charge < -0.3 is 0 Å². The number of aldehydes is 1. The molecular weight excluding hydrogens is 435 g/mol. The molecule has 2 atom stereocenters. The molecule has 2 saturated carbocycles. The molecule has 2 fully saturated rings. The van der Waals surface area contributed by atoms with Crippen LogP contribution in [0.5, 0.6) is 0 Å². The number of halogens is 2. The summed E-state index contributed by atoms with van der Waals surface area (Å²) in [5, 5.41) is 0. The molecule has 2 unspecified atom stereocenters. The summed E-state index contributed by atoms with van der Waals surface area (Å²) in [5.41, 5.74) is 1.52. The summed E-state index contributed by atoms with van der Waals surface area (Å²) in [4.78, 5) is 14.5. The summed E-state index contributed by atoms with van der Waals surface area (Å²) < 4.78 is 25.8. The zero-order chi connectivity index (χ0) is 24.9. The molecule has 0 aliphatic heterocycles. The number of pyridine rings is 1. The van der Waals surface area contributed by atoms with Crippen LogP contribution in [-0.2, 0) is 0 Å². The van der Waals surface area contributed by atoms with Crippen molar-refractivity contribution < 1.29 is 13.6 Å². The van der Waals surface area contributed by atoms with Gasteiger partial charge in [0.1, 0.15) is 6.29 Å². The van der Waals surface area contributed by atoms with Crippen LogP contribution >= 0.6 is 9.24 Å². The molecule has 184 valence electrons. The van der Waals surface area contributed by atoms with E-state index in [1.54, 1.807) is 12.1 Å².